The number of likely N-dealkylation sites (N-methyl/N-ethyl adjacent to an activating group) is 1. The molecule has 2 unspecified atom stereocenters. The molecule has 2 N–H and O–H groups in total. The van der Waals surface area contributed by atoms with Crippen molar-refractivity contribution in [2.75, 3.05) is 20.8 Å². The third-order valence-corrected chi connectivity index (χ3v) is 3.23. The molecule has 0 spiro atoms. The van der Waals surface area contributed by atoms with Crippen LogP contribution in [0.5, 0.6) is 0 Å². The van der Waals surface area contributed by atoms with Crippen molar-refractivity contribution in [1.82, 2.24) is 4.90 Å². The SMILES string of the molecule is COCC(N)C(=O)N(C)C(C)c1ccccc1C.Cl. The molecular weight excluding hydrogens is 264 g/mol. The zero-order valence-corrected chi connectivity index (χ0v) is 12.7. The highest BCUT2D eigenvalue weighted by Gasteiger charge is 2.23. The molecule has 5 heteroatoms. The van der Waals surface area contributed by atoms with Gasteiger partial charge >= 0.3 is 0 Å². The molecule has 0 saturated heterocycles. The van der Waals surface area contributed by atoms with Gasteiger partial charge in [0, 0.05) is 14.2 Å². The second-order valence-electron chi connectivity index (χ2n) is 4.54. The van der Waals surface area contributed by atoms with Crippen molar-refractivity contribution in [3.63, 3.8) is 0 Å². The third kappa shape index (κ3) is 4.49. The van der Waals surface area contributed by atoms with Gasteiger partial charge in [-0.15, -0.1) is 12.4 Å². The molecule has 0 heterocycles. The lowest BCUT2D eigenvalue weighted by atomic mass is 10.0. The first kappa shape index (κ1) is 17.9. The summed E-state index contributed by atoms with van der Waals surface area (Å²) >= 11 is 0. The number of benzene rings is 1. The van der Waals surface area contributed by atoms with Crippen LogP contribution in [0, 0.1) is 6.92 Å². The minimum Gasteiger partial charge on any atom is -0.383 e. The van der Waals surface area contributed by atoms with Gasteiger partial charge in [-0.3, -0.25) is 4.79 Å². The van der Waals surface area contributed by atoms with E-state index in [9.17, 15) is 4.79 Å². The van der Waals surface area contributed by atoms with Crippen molar-refractivity contribution >= 4 is 18.3 Å². The Bertz CT molecular complexity index is 412. The number of amides is 1. The molecule has 0 bridgehead atoms. The molecule has 0 aromatic heterocycles. The standard InChI is InChI=1S/C14H22N2O2.ClH/c1-10-7-5-6-8-12(10)11(2)16(3)14(17)13(15)9-18-4;/h5-8,11,13H,9,15H2,1-4H3;1H. The number of carbonyl (C=O) groups excluding carboxylic acids is 1. The monoisotopic (exact) mass is 286 g/mol. The number of aryl methyl sites for hydroxylation is 1. The first-order valence-electron chi connectivity index (χ1n) is 6.05. The van der Waals surface area contributed by atoms with E-state index in [0.29, 0.717) is 0 Å². The van der Waals surface area contributed by atoms with Crippen LogP contribution in [0.2, 0.25) is 0 Å². The van der Waals surface area contributed by atoms with E-state index in [1.807, 2.05) is 38.1 Å². The van der Waals surface area contributed by atoms with E-state index in [-0.39, 0.29) is 31.0 Å². The molecule has 0 saturated carbocycles. The highest BCUT2D eigenvalue weighted by molar-refractivity contribution is 5.85. The van der Waals surface area contributed by atoms with Gasteiger partial charge in [0.25, 0.3) is 0 Å². The predicted molar refractivity (Wildman–Crippen MR) is 79.5 cm³/mol. The fourth-order valence-corrected chi connectivity index (χ4v) is 1.97. The van der Waals surface area contributed by atoms with Gasteiger partial charge in [-0.05, 0) is 25.0 Å². The summed E-state index contributed by atoms with van der Waals surface area (Å²) in [6.07, 6.45) is 0. The summed E-state index contributed by atoms with van der Waals surface area (Å²) in [7, 11) is 3.31. The maximum Gasteiger partial charge on any atom is 0.242 e. The quantitative estimate of drug-likeness (QED) is 0.900. The average Bonchev–Trinajstić information content (AvgIpc) is 2.37. The predicted octanol–water partition coefficient (Wildman–Crippen LogP) is 1.91. The molecular formula is C14H23ClN2O2. The fraction of sp³-hybridized carbons (Fsp3) is 0.500. The van der Waals surface area contributed by atoms with Gasteiger partial charge < -0.3 is 15.4 Å². The maximum absolute atomic E-state index is 12.1. The van der Waals surface area contributed by atoms with Gasteiger partial charge in [0.05, 0.1) is 12.6 Å². The van der Waals surface area contributed by atoms with Crippen LogP contribution in [-0.4, -0.2) is 37.6 Å². The van der Waals surface area contributed by atoms with Crippen molar-refractivity contribution in [2.45, 2.75) is 25.9 Å². The summed E-state index contributed by atoms with van der Waals surface area (Å²) in [5.41, 5.74) is 8.07. The van der Waals surface area contributed by atoms with Crippen LogP contribution < -0.4 is 5.73 Å². The summed E-state index contributed by atoms with van der Waals surface area (Å²) in [5, 5.41) is 0. The number of ether oxygens (including phenoxy) is 1. The Morgan fingerprint density at radius 2 is 2.00 bits per heavy atom. The zero-order chi connectivity index (χ0) is 13.7. The van der Waals surface area contributed by atoms with Crippen LogP contribution in [0.15, 0.2) is 24.3 Å². The van der Waals surface area contributed by atoms with Crippen molar-refractivity contribution < 1.29 is 9.53 Å². The Hall–Kier alpha value is -1.10. The molecule has 1 aromatic carbocycles. The lowest BCUT2D eigenvalue weighted by Gasteiger charge is -2.28. The maximum atomic E-state index is 12.1. The molecule has 0 fully saturated rings. The zero-order valence-electron chi connectivity index (χ0n) is 11.9. The van der Waals surface area contributed by atoms with Crippen LogP contribution in [0.1, 0.15) is 24.1 Å². The van der Waals surface area contributed by atoms with E-state index in [4.69, 9.17) is 10.5 Å². The molecule has 0 aliphatic rings. The Balaban J connectivity index is 0.00000324. The van der Waals surface area contributed by atoms with Crippen molar-refractivity contribution in [2.24, 2.45) is 5.73 Å². The van der Waals surface area contributed by atoms with E-state index in [1.54, 1.807) is 11.9 Å². The van der Waals surface area contributed by atoms with Gasteiger partial charge in [-0.2, -0.15) is 0 Å². The summed E-state index contributed by atoms with van der Waals surface area (Å²) in [6.45, 7) is 4.28. The van der Waals surface area contributed by atoms with Crippen LogP contribution in [0.3, 0.4) is 0 Å². The van der Waals surface area contributed by atoms with E-state index in [2.05, 4.69) is 0 Å². The molecule has 1 rings (SSSR count). The Labute approximate surface area is 121 Å². The van der Waals surface area contributed by atoms with Crippen LogP contribution in [-0.2, 0) is 9.53 Å². The van der Waals surface area contributed by atoms with Crippen LogP contribution >= 0.6 is 12.4 Å². The first-order chi connectivity index (χ1) is 8.49. The van der Waals surface area contributed by atoms with Crippen molar-refractivity contribution in [3.05, 3.63) is 35.4 Å². The third-order valence-electron chi connectivity index (χ3n) is 3.23. The number of nitrogens with two attached hydrogens (primary N) is 1. The van der Waals surface area contributed by atoms with Crippen molar-refractivity contribution in [1.29, 1.82) is 0 Å². The molecule has 0 aliphatic carbocycles. The molecule has 2 atom stereocenters. The molecule has 1 aromatic rings. The number of halogens is 1. The second-order valence-corrected chi connectivity index (χ2v) is 4.54. The average molecular weight is 287 g/mol. The fourth-order valence-electron chi connectivity index (χ4n) is 1.97. The topological polar surface area (TPSA) is 55.6 Å². The van der Waals surface area contributed by atoms with Gasteiger partial charge in [0.2, 0.25) is 5.91 Å². The number of carbonyl (C=O) groups is 1. The van der Waals surface area contributed by atoms with Gasteiger partial charge in [0.1, 0.15) is 6.04 Å². The highest BCUT2D eigenvalue weighted by Crippen LogP contribution is 2.22. The largest absolute Gasteiger partial charge is 0.383 e. The van der Waals surface area contributed by atoms with Gasteiger partial charge in [0.15, 0.2) is 0 Å². The Kier molecular flexibility index (Phi) is 7.68. The summed E-state index contributed by atoms with van der Waals surface area (Å²) in [4.78, 5) is 13.8. The number of nitrogens with zero attached hydrogens (tertiary/aromatic N) is 1. The van der Waals surface area contributed by atoms with Gasteiger partial charge in [-0.1, -0.05) is 24.3 Å². The van der Waals surface area contributed by atoms with E-state index < -0.39 is 6.04 Å². The Morgan fingerprint density at radius 1 is 1.42 bits per heavy atom. The highest BCUT2D eigenvalue weighted by atomic mass is 35.5. The molecule has 1 amide bonds. The lowest BCUT2D eigenvalue weighted by Crippen LogP contribution is -2.45. The normalized spacial score (nSPS) is 13.3. The Morgan fingerprint density at radius 3 is 2.53 bits per heavy atom. The number of hydrogen-bond acceptors (Lipinski definition) is 3. The summed E-state index contributed by atoms with van der Waals surface area (Å²) in [6, 6.07) is 7.44. The minimum absolute atomic E-state index is 0. The van der Waals surface area contributed by atoms with Gasteiger partial charge in [-0.25, -0.2) is 0 Å². The first-order valence-corrected chi connectivity index (χ1v) is 6.05. The second kappa shape index (κ2) is 8.15. The molecule has 4 nitrogen and oxygen atoms in total. The summed E-state index contributed by atoms with van der Waals surface area (Å²) < 4.78 is 4.91. The number of rotatable bonds is 5. The number of methoxy groups -OCH3 is 1. The van der Waals surface area contributed by atoms with E-state index in [0.717, 1.165) is 5.56 Å². The van der Waals surface area contributed by atoms with E-state index >= 15 is 0 Å². The molecule has 19 heavy (non-hydrogen) atoms. The smallest absolute Gasteiger partial charge is 0.242 e. The molecule has 0 radical (unpaired) electrons. The van der Waals surface area contributed by atoms with Crippen LogP contribution in [0.4, 0.5) is 0 Å². The van der Waals surface area contributed by atoms with Crippen LogP contribution in [0.25, 0.3) is 0 Å². The van der Waals surface area contributed by atoms with Crippen molar-refractivity contribution in [3.8, 4) is 0 Å². The minimum atomic E-state index is -0.605. The molecule has 108 valence electrons. The lowest BCUT2D eigenvalue weighted by molar-refractivity contribution is -0.134. The number of hydrogen-bond donors (Lipinski definition) is 1. The summed E-state index contributed by atoms with van der Waals surface area (Å²) in [5.74, 6) is -0.104. The molecule has 0 aliphatic heterocycles. The van der Waals surface area contributed by atoms with E-state index in [1.165, 1.54) is 12.7 Å².